The maximum Gasteiger partial charge on any atom is 0.289 e. The average molecular weight is 467 g/mol. The van der Waals surface area contributed by atoms with E-state index in [2.05, 4.69) is 15.0 Å². The van der Waals surface area contributed by atoms with E-state index < -0.39 is 20.6 Å². The van der Waals surface area contributed by atoms with Gasteiger partial charge in [0.25, 0.3) is 5.69 Å². The van der Waals surface area contributed by atoms with Crippen molar-refractivity contribution in [2.45, 2.75) is 49.6 Å². The number of nitro groups is 1. The molecule has 9 nitrogen and oxygen atoms in total. The van der Waals surface area contributed by atoms with Crippen LogP contribution in [0.4, 0.5) is 5.69 Å². The first kappa shape index (κ1) is 23.1. The minimum Gasteiger partial charge on any atom is -0.348 e. The number of pyridine rings is 1. The Hall–Kier alpha value is -2.56. The van der Waals surface area contributed by atoms with E-state index in [0.29, 0.717) is 25.7 Å². The molecule has 1 saturated carbocycles. The summed E-state index contributed by atoms with van der Waals surface area (Å²) in [5.41, 5.74) is 0.307. The molecule has 1 atom stereocenters. The number of hydrogen-bond acceptors (Lipinski definition) is 6. The van der Waals surface area contributed by atoms with Crippen molar-refractivity contribution < 1.29 is 18.1 Å². The second-order valence-corrected chi connectivity index (χ2v) is 9.65. The van der Waals surface area contributed by atoms with Crippen LogP contribution in [-0.4, -0.2) is 30.3 Å². The molecule has 1 aliphatic carbocycles. The first-order valence-electron chi connectivity index (χ1n) is 9.85. The van der Waals surface area contributed by atoms with Crippen molar-refractivity contribution >= 4 is 33.2 Å². The van der Waals surface area contributed by atoms with Crippen LogP contribution in [0.3, 0.4) is 0 Å². The molecule has 0 spiro atoms. The summed E-state index contributed by atoms with van der Waals surface area (Å²) in [6.07, 6.45) is 3.73. The molecule has 0 radical (unpaired) electrons. The van der Waals surface area contributed by atoms with E-state index in [1.807, 2.05) is 25.1 Å². The number of carbonyl (C=O) groups is 1. The zero-order valence-corrected chi connectivity index (χ0v) is 18.4. The molecular weight excluding hydrogens is 444 g/mol. The Bertz CT molecular complexity index is 1060. The van der Waals surface area contributed by atoms with Crippen molar-refractivity contribution in [1.29, 1.82) is 0 Å². The number of benzene rings is 1. The first-order chi connectivity index (χ1) is 14.7. The van der Waals surface area contributed by atoms with Gasteiger partial charge in [0, 0.05) is 24.2 Å². The van der Waals surface area contributed by atoms with Gasteiger partial charge in [-0.15, -0.1) is 0 Å². The van der Waals surface area contributed by atoms with Crippen LogP contribution in [0.25, 0.3) is 0 Å². The minimum absolute atomic E-state index is 0.0761. The lowest BCUT2D eigenvalue weighted by molar-refractivity contribution is -0.384. The summed E-state index contributed by atoms with van der Waals surface area (Å²) < 4.78 is 27.9. The highest BCUT2D eigenvalue weighted by atomic mass is 35.5. The number of nitrogens with one attached hydrogen (secondary N) is 2. The summed E-state index contributed by atoms with van der Waals surface area (Å²) in [5, 5.41) is 13.9. The topological polar surface area (TPSA) is 131 Å². The third-order valence-corrected chi connectivity index (χ3v) is 7.17. The van der Waals surface area contributed by atoms with Gasteiger partial charge in [0.15, 0.2) is 0 Å². The summed E-state index contributed by atoms with van der Waals surface area (Å²) in [6, 6.07) is 8.32. The summed E-state index contributed by atoms with van der Waals surface area (Å²) in [6.45, 7) is 1.87. The van der Waals surface area contributed by atoms with Crippen LogP contribution in [0.15, 0.2) is 47.5 Å². The van der Waals surface area contributed by atoms with Crippen molar-refractivity contribution in [2.24, 2.45) is 5.92 Å². The summed E-state index contributed by atoms with van der Waals surface area (Å²) in [7, 11) is -3.95. The predicted octanol–water partition coefficient (Wildman–Crippen LogP) is 3.36. The number of aromatic nitrogens is 1. The van der Waals surface area contributed by atoms with Gasteiger partial charge < -0.3 is 5.32 Å². The van der Waals surface area contributed by atoms with Gasteiger partial charge >= 0.3 is 0 Å². The number of halogens is 1. The molecule has 166 valence electrons. The molecule has 1 aromatic carbocycles. The Morgan fingerprint density at radius 1 is 1.23 bits per heavy atom. The number of nitrogens with zero attached hydrogens (tertiary/aromatic N) is 2. The van der Waals surface area contributed by atoms with Crippen LogP contribution < -0.4 is 10.0 Å². The number of nitro benzene ring substituents is 1. The van der Waals surface area contributed by atoms with Crippen LogP contribution in [-0.2, 0) is 14.8 Å². The fraction of sp³-hybridized carbons (Fsp3) is 0.400. The van der Waals surface area contributed by atoms with Crippen LogP contribution >= 0.6 is 11.6 Å². The molecule has 0 saturated heterocycles. The van der Waals surface area contributed by atoms with Gasteiger partial charge in [0.05, 0.1) is 21.6 Å². The molecule has 1 fully saturated rings. The highest BCUT2D eigenvalue weighted by Crippen LogP contribution is 2.29. The van der Waals surface area contributed by atoms with Crippen LogP contribution in [0, 0.1) is 16.0 Å². The second kappa shape index (κ2) is 9.71. The molecule has 0 aliphatic heterocycles. The largest absolute Gasteiger partial charge is 0.348 e. The van der Waals surface area contributed by atoms with Crippen LogP contribution in [0.5, 0.6) is 0 Å². The monoisotopic (exact) mass is 466 g/mol. The fourth-order valence-corrected chi connectivity index (χ4v) is 5.11. The van der Waals surface area contributed by atoms with E-state index in [1.165, 1.54) is 12.1 Å². The number of rotatable bonds is 7. The quantitative estimate of drug-likeness (QED) is 0.475. The molecule has 31 heavy (non-hydrogen) atoms. The molecule has 0 unspecified atom stereocenters. The van der Waals surface area contributed by atoms with Crippen LogP contribution in [0.2, 0.25) is 5.02 Å². The molecule has 1 heterocycles. The van der Waals surface area contributed by atoms with E-state index in [-0.39, 0.29) is 33.8 Å². The van der Waals surface area contributed by atoms with Gasteiger partial charge in [-0.3, -0.25) is 19.9 Å². The van der Waals surface area contributed by atoms with Gasteiger partial charge in [-0.25, -0.2) is 13.1 Å². The fourth-order valence-electron chi connectivity index (χ4n) is 3.60. The lowest BCUT2D eigenvalue weighted by Crippen LogP contribution is -2.41. The highest BCUT2D eigenvalue weighted by Gasteiger charge is 2.30. The Labute approximate surface area is 185 Å². The summed E-state index contributed by atoms with van der Waals surface area (Å²) in [4.78, 5) is 26.9. The van der Waals surface area contributed by atoms with Gasteiger partial charge in [0.2, 0.25) is 15.9 Å². The third kappa shape index (κ3) is 5.78. The molecule has 1 amide bonds. The maximum atomic E-state index is 12.6. The number of amides is 1. The third-order valence-electron chi connectivity index (χ3n) is 5.33. The molecule has 3 rings (SSSR count). The molecule has 0 bridgehead atoms. The summed E-state index contributed by atoms with van der Waals surface area (Å²) in [5.74, 6) is -0.281. The van der Waals surface area contributed by atoms with E-state index >= 15 is 0 Å². The molecule has 1 aromatic heterocycles. The Morgan fingerprint density at radius 2 is 1.94 bits per heavy atom. The average Bonchev–Trinajstić information content (AvgIpc) is 2.74. The Balaban J connectivity index is 1.56. The van der Waals surface area contributed by atoms with Crippen molar-refractivity contribution in [3.63, 3.8) is 0 Å². The summed E-state index contributed by atoms with van der Waals surface area (Å²) >= 11 is 5.76. The zero-order valence-electron chi connectivity index (χ0n) is 16.8. The predicted molar refractivity (Wildman–Crippen MR) is 115 cm³/mol. The number of hydrogen-bond donors (Lipinski definition) is 2. The van der Waals surface area contributed by atoms with Gasteiger partial charge in [-0.2, -0.15) is 0 Å². The van der Waals surface area contributed by atoms with Crippen molar-refractivity contribution in [2.75, 3.05) is 0 Å². The van der Waals surface area contributed by atoms with Crippen molar-refractivity contribution in [3.8, 4) is 0 Å². The standard InChI is InChI=1S/C20H23ClN4O5S/c1-13(18-4-2-3-11-22-18)23-20(26)14-5-7-15(8-6-14)24-31(29,30)16-9-10-17(21)19(12-16)25(27)28/h2-4,9-15,24H,5-8H2,1H3,(H,23,26)/t13-,14?,15?/m1/s1. The second-order valence-electron chi connectivity index (χ2n) is 7.53. The maximum absolute atomic E-state index is 12.6. The molecule has 2 N–H and O–H groups in total. The Kier molecular flexibility index (Phi) is 7.24. The Morgan fingerprint density at radius 3 is 2.55 bits per heavy atom. The molecule has 2 aromatic rings. The SMILES string of the molecule is C[C@@H](NC(=O)C1CCC(NS(=O)(=O)c2ccc(Cl)c([N+](=O)[O-])c2)CC1)c1ccccn1. The van der Waals surface area contributed by atoms with Gasteiger partial charge in [-0.1, -0.05) is 17.7 Å². The lowest BCUT2D eigenvalue weighted by atomic mass is 9.86. The van der Waals surface area contributed by atoms with E-state index in [1.54, 1.807) is 6.20 Å². The normalized spacial score (nSPS) is 20.1. The molecule has 1 aliphatic rings. The smallest absolute Gasteiger partial charge is 0.289 e. The molecule has 11 heteroatoms. The number of sulfonamides is 1. The lowest BCUT2D eigenvalue weighted by Gasteiger charge is -2.29. The first-order valence-corrected chi connectivity index (χ1v) is 11.7. The van der Waals surface area contributed by atoms with E-state index in [9.17, 15) is 23.3 Å². The number of carbonyl (C=O) groups excluding carboxylic acids is 1. The van der Waals surface area contributed by atoms with E-state index in [0.717, 1.165) is 11.8 Å². The van der Waals surface area contributed by atoms with Crippen molar-refractivity contribution in [1.82, 2.24) is 15.0 Å². The van der Waals surface area contributed by atoms with Crippen molar-refractivity contribution in [3.05, 3.63) is 63.4 Å². The zero-order chi connectivity index (χ0) is 22.6. The minimum atomic E-state index is -3.95. The van der Waals surface area contributed by atoms with E-state index in [4.69, 9.17) is 11.6 Å². The molecular formula is C20H23ClN4O5S. The highest BCUT2D eigenvalue weighted by molar-refractivity contribution is 7.89. The van der Waals surface area contributed by atoms with Crippen LogP contribution in [0.1, 0.15) is 44.3 Å². The van der Waals surface area contributed by atoms with Gasteiger partial charge in [-0.05, 0) is 56.9 Å². The van der Waals surface area contributed by atoms with Gasteiger partial charge in [0.1, 0.15) is 5.02 Å².